The minimum absolute atomic E-state index is 0.0287. The predicted molar refractivity (Wildman–Crippen MR) is 139 cm³/mol. The molecule has 0 radical (unpaired) electrons. The Kier molecular flexibility index (Phi) is 8.21. The fourth-order valence-corrected chi connectivity index (χ4v) is 5.62. The van der Waals surface area contributed by atoms with Crippen LogP contribution in [0, 0.1) is 17.7 Å². The number of methoxy groups -OCH3 is 1. The van der Waals surface area contributed by atoms with Gasteiger partial charge in [0, 0.05) is 18.9 Å². The van der Waals surface area contributed by atoms with Crippen LogP contribution in [0.25, 0.3) is 0 Å². The predicted octanol–water partition coefficient (Wildman–Crippen LogP) is 5.65. The van der Waals surface area contributed by atoms with Gasteiger partial charge in [0.15, 0.2) is 23.5 Å². The molecule has 4 rings (SSSR count). The van der Waals surface area contributed by atoms with E-state index in [2.05, 4.69) is 24.1 Å². The van der Waals surface area contributed by atoms with Gasteiger partial charge in [-0.1, -0.05) is 34.1 Å². The zero-order valence-corrected chi connectivity index (χ0v) is 22.4. The number of rotatable bonds is 10. The summed E-state index contributed by atoms with van der Waals surface area (Å²) in [6.45, 7) is 9.55. The molecule has 1 aromatic heterocycles. The van der Waals surface area contributed by atoms with Crippen molar-refractivity contribution in [1.29, 1.82) is 0 Å². The van der Waals surface area contributed by atoms with Crippen molar-refractivity contribution >= 4 is 23.9 Å². The molecule has 1 saturated carbocycles. The highest BCUT2D eigenvalue weighted by atomic mass is 19.1. The molecule has 1 amide bonds. The number of carbonyl (C=O) groups excluding carboxylic acids is 2. The van der Waals surface area contributed by atoms with Crippen molar-refractivity contribution in [2.24, 2.45) is 11.8 Å². The second-order valence-corrected chi connectivity index (χ2v) is 10.7. The van der Waals surface area contributed by atoms with Gasteiger partial charge in [0.25, 0.3) is 11.9 Å². The van der Waals surface area contributed by atoms with Crippen LogP contribution in [0.15, 0.2) is 16.5 Å². The van der Waals surface area contributed by atoms with Crippen LogP contribution in [0.5, 0.6) is 5.75 Å². The minimum Gasteiger partial charge on any atom is -0.487 e. The highest BCUT2D eigenvalue weighted by Gasteiger charge is 2.44. The maximum Gasteiger partial charge on any atom is 0.298 e. The Morgan fingerprint density at radius 3 is 2.54 bits per heavy atom. The number of nitrogens with zero attached hydrogens (tertiary/aromatic N) is 2. The molecular weight excluding hydrogens is 477 g/mol. The number of ether oxygens (including phenoxy) is 2. The Morgan fingerprint density at radius 1 is 1.24 bits per heavy atom. The molecule has 2 unspecified atom stereocenters. The highest BCUT2D eigenvalue weighted by molar-refractivity contribution is 6.06. The number of nitrogens with one attached hydrogen (secondary N) is 1. The minimum atomic E-state index is -0.642. The first kappa shape index (κ1) is 27.1. The van der Waals surface area contributed by atoms with Gasteiger partial charge in [-0.15, -0.1) is 0 Å². The fourth-order valence-electron chi connectivity index (χ4n) is 5.62. The third-order valence-corrected chi connectivity index (χ3v) is 7.59. The first-order valence-corrected chi connectivity index (χ1v) is 13.3. The first-order chi connectivity index (χ1) is 17.7. The molecule has 1 aromatic carbocycles. The molecule has 1 aliphatic carbocycles. The molecule has 202 valence electrons. The van der Waals surface area contributed by atoms with Crippen LogP contribution in [0.4, 0.5) is 16.1 Å². The number of amides is 1. The molecule has 8 nitrogen and oxygen atoms in total. The molecular formula is C28H38FN3O5. The number of hydrogen-bond donors (Lipinski definition) is 1. The summed E-state index contributed by atoms with van der Waals surface area (Å²) in [5.41, 5.74) is 0.553. The van der Waals surface area contributed by atoms with Crippen molar-refractivity contribution in [3.63, 3.8) is 0 Å². The third-order valence-electron chi connectivity index (χ3n) is 7.59. The SMILES string of the molecule is CCCc1cc(NC(=O)c2nc(N3CC(CC)(OC)C3)oc2C=O)cc(F)c1OC1CC(C)CC(C)C1. The number of aryl methyl sites for hydroxylation is 1. The average molecular weight is 516 g/mol. The molecule has 37 heavy (non-hydrogen) atoms. The quantitative estimate of drug-likeness (QED) is 0.409. The van der Waals surface area contributed by atoms with Crippen molar-refractivity contribution in [2.45, 2.75) is 77.9 Å². The van der Waals surface area contributed by atoms with E-state index in [4.69, 9.17) is 13.9 Å². The average Bonchev–Trinajstić information content (AvgIpc) is 3.25. The maximum absolute atomic E-state index is 15.3. The van der Waals surface area contributed by atoms with E-state index in [0.29, 0.717) is 43.2 Å². The first-order valence-electron chi connectivity index (χ1n) is 13.3. The summed E-state index contributed by atoms with van der Waals surface area (Å²) >= 11 is 0. The summed E-state index contributed by atoms with van der Waals surface area (Å²) in [5.74, 6) is 0.00526. The lowest BCUT2D eigenvalue weighted by atomic mass is 9.82. The van der Waals surface area contributed by atoms with E-state index in [1.807, 2.05) is 18.7 Å². The number of halogens is 1. The Bertz CT molecular complexity index is 1110. The summed E-state index contributed by atoms with van der Waals surface area (Å²) < 4.78 is 32.6. The number of benzene rings is 1. The number of anilines is 2. The lowest BCUT2D eigenvalue weighted by Gasteiger charge is -2.47. The molecule has 2 heterocycles. The molecule has 0 spiro atoms. The molecule has 1 aliphatic heterocycles. The number of hydrogen-bond acceptors (Lipinski definition) is 7. The van der Waals surface area contributed by atoms with Gasteiger partial charge >= 0.3 is 0 Å². The monoisotopic (exact) mass is 515 g/mol. The van der Waals surface area contributed by atoms with E-state index in [-0.39, 0.29) is 40.6 Å². The maximum atomic E-state index is 15.3. The molecule has 2 aromatic rings. The zero-order valence-electron chi connectivity index (χ0n) is 22.4. The van der Waals surface area contributed by atoms with E-state index in [9.17, 15) is 9.59 Å². The second kappa shape index (κ2) is 11.2. The van der Waals surface area contributed by atoms with Gasteiger partial charge in [-0.25, -0.2) is 4.39 Å². The molecule has 2 aliphatic rings. The van der Waals surface area contributed by atoms with Crippen LogP contribution in [0.1, 0.15) is 86.4 Å². The Labute approximate surface area is 217 Å². The Hall–Kier alpha value is -2.94. The van der Waals surface area contributed by atoms with Crippen LogP contribution in [-0.4, -0.2) is 49.1 Å². The number of aromatic nitrogens is 1. The largest absolute Gasteiger partial charge is 0.487 e. The van der Waals surface area contributed by atoms with E-state index in [0.717, 1.165) is 32.1 Å². The lowest BCUT2D eigenvalue weighted by molar-refractivity contribution is -0.0378. The normalized spacial score (nSPS) is 22.9. The van der Waals surface area contributed by atoms with E-state index >= 15 is 4.39 Å². The summed E-state index contributed by atoms with van der Waals surface area (Å²) in [5, 5.41) is 2.69. The van der Waals surface area contributed by atoms with Gasteiger partial charge in [-0.05, 0) is 55.6 Å². The van der Waals surface area contributed by atoms with Crippen molar-refractivity contribution in [1.82, 2.24) is 4.98 Å². The van der Waals surface area contributed by atoms with Gasteiger partial charge in [-0.2, -0.15) is 4.98 Å². The molecule has 1 N–H and O–H groups in total. The molecule has 2 atom stereocenters. The van der Waals surface area contributed by atoms with Gasteiger partial charge < -0.3 is 24.1 Å². The Morgan fingerprint density at radius 2 is 1.95 bits per heavy atom. The van der Waals surface area contributed by atoms with Crippen LogP contribution < -0.4 is 15.0 Å². The second-order valence-electron chi connectivity index (χ2n) is 10.7. The summed E-state index contributed by atoms with van der Waals surface area (Å²) in [4.78, 5) is 30.7. The third kappa shape index (κ3) is 5.81. The van der Waals surface area contributed by atoms with Gasteiger partial charge in [0.1, 0.15) is 5.60 Å². The van der Waals surface area contributed by atoms with Crippen LogP contribution in [0.3, 0.4) is 0 Å². The van der Waals surface area contributed by atoms with Crippen LogP contribution in [-0.2, 0) is 11.2 Å². The summed E-state index contributed by atoms with van der Waals surface area (Å²) in [6.07, 6.45) is 5.61. The number of aldehydes is 1. The van der Waals surface area contributed by atoms with Crippen LogP contribution >= 0.6 is 0 Å². The molecule has 1 saturated heterocycles. The Balaban J connectivity index is 1.51. The molecule has 2 fully saturated rings. The van der Waals surface area contributed by atoms with E-state index < -0.39 is 11.7 Å². The van der Waals surface area contributed by atoms with Crippen molar-refractivity contribution in [3.05, 3.63) is 35.0 Å². The van der Waals surface area contributed by atoms with Crippen LogP contribution in [0.2, 0.25) is 0 Å². The zero-order chi connectivity index (χ0) is 26.7. The van der Waals surface area contributed by atoms with Crippen molar-refractivity contribution in [2.75, 3.05) is 30.4 Å². The molecule has 9 heteroatoms. The topological polar surface area (TPSA) is 93.9 Å². The standard InChI is InChI=1S/C28H38FN3O5/c1-6-8-19-12-20(13-22(29)25(19)36-21-10-17(3)9-18(4)11-21)30-26(34)24-23(14-33)37-27(31-24)32-15-28(7-2,16-32)35-5/h12-14,17-18,21H,6-11,15-16H2,1-5H3,(H,30,34). The number of oxazole rings is 1. The summed E-state index contributed by atoms with van der Waals surface area (Å²) in [6, 6.07) is 3.18. The molecule has 0 bridgehead atoms. The van der Waals surface area contributed by atoms with Crippen molar-refractivity contribution < 1.29 is 27.9 Å². The summed E-state index contributed by atoms with van der Waals surface area (Å²) in [7, 11) is 1.66. The van der Waals surface area contributed by atoms with Gasteiger partial charge in [0.05, 0.1) is 19.2 Å². The van der Waals surface area contributed by atoms with E-state index in [1.165, 1.54) is 6.07 Å². The van der Waals surface area contributed by atoms with Crippen molar-refractivity contribution in [3.8, 4) is 5.75 Å². The highest BCUT2D eigenvalue weighted by Crippen LogP contribution is 2.36. The number of carbonyl (C=O) groups is 2. The smallest absolute Gasteiger partial charge is 0.298 e. The van der Waals surface area contributed by atoms with Gasteiger partial charge in [0.2, 0.25) is 5.76 Å². The lowest BCUT2D eigenvalue weighted by Crippen LogP contribution is -2.62. The van der Waals surface area contributed by atoms with Gasteiger partial charge in [-0.3, -0.25) is 9.59 Å². The fraction of sp³-hybridized carbons (Fsp3) is 0.607. The van der Waals surface area contributed by atoms with E-state index in [1.54, 1.807) is 13.2 Å².